The quantitative estimate of drug-likeness (QED) is 0.204. The monoisotopic (exact) mass is 494 g/mol. The van der Waals surface area contributed by atoms with Crippen molar-refractivity contribution in [3.63, 3.8) is 0 Å². The zero-order valence-electron chi connectivity index (χ0n) is 15.6. The number of halogens is 12. The molecule has 17 heteroatoms. The van der Waals surface area contributed by atoms with Crippen molar-refractivity contribution < 1.29 is 70.7 Å². The van der Waals surface area contributed by atoms with Gasteiger partial charge in [0.15, 0.2) is 6.17 Å². The minimum absolute atomic E-state index is 0.344. The molecule has 1 unspecified atom stereocenters. The van der Waals surface area contributed by atoms with Crippen molar-refractivity contribution in [3.05, 3.63) is 0 Å². The summed E-state index contributed by atoms with van der Waals surface area (Å²) in [6, 6.07) is -0.344. The van der Waals surface area contributed by atoms with Crippen LogP contribution in [0.4, 0.5) is 52.7 Å². The van der Waals surface area contributed by atoms with Crippen LogP contribution in [0.2, 0.25) is 6.04 Å². The van der Waals surface area contributed by atoms with Crippen LogP contribution in [0.15, 0.2) is 0 Å². The highest BCUT2D eigenvalue weighted by atomic mass is 28.4. The summed E-state index contributed by atoms with van der Waals surface area (Å²) in [6.45, 7) is -1.42. The van der Waals surface area contributed by atoms with Crippen LogP contribution in [0.1, 0.15) is 12.8 Å². The second-order valence-electron chi connectivity index (χ2n) is 5.82. The van der Waals surface area contributed by atoms with E-state index < -0.39 is 64.5 Å². The number of hydrogen-bond donors (Lipinski definition) is 0. The Morgan fingerprint density at radius 3 is 1.53 bits per heavy atom. The molecule has 30 heavy (non-hydrogen) atoms. The first-order valence-corrected chi connectivity index (χ1v) is 9.71. The van der Waals surface area contributed by atoms with Gasteiger partial charge in [0.1, 0.15) is 0 Å². The highest BCUT2D eigenvalue weighted by Crippen LogP contribution is 2.55. The van der Waals surface area contributed by atoms with E-state index in [0.717, 1.165) is 21.3 Å². The Kier molecular flexibility index (Phi) is 9.53. The molecule has 0 radical (unpaired) electrons. The van der Waals surface area contributed by atoms with E-state index in [1.54, 1.807) is 0 Å². The third kappa shape index (κ3) is 6.14. The molecule has 0 aromatic carbocycles. The van der Waals surface area contributed by atoms with E-state index in [2.05, 4.69) is 4.74 Å². The molecule has 4 nitrogen and oxygen atoms in total. The van der Waals surface area contributed by atoms with Crippen molar-refractivity contribution in [1.82, 2.24) is 0 Å². The molecule has 0 fully saturated rings. The second-order valence-corrected chi connectivity index (χ2v) is 8.91. The molecule has 0 aliphatic carbocycles. The molecular formula is C13H18F12O4Si. The summed E-state index contributed by atoms with van der Waals surface area (Å²) >= 11 is 0. The van der Waals surface area contributed by atoms with Crippen molar-refractivity contribution in [2.75, 3.05) is 27.9 Å². The Hall–Kier alpha value is -0.783. The van der Waals surface area contributed by atoms with Crippen LogP contribution in [-0.4, -0.2) is 73.0 Å². The van der Waals surface area contributed by atoms with E-state index in [4.69, 9.17) is 13.3 Å². The van der Waals surface area contributed by atoms with E-state index in [1.807, 2.05) is 0 Å². The Morgan fingerprint density at radius 2 is 1.17 bits per heavy atom. The van der Waals surface area contributed by atoms with Gasteiger partial charge in [0.25, 0.3) is 0 Å². The number of rotatable bonds is 13. The molecule has 0 rings (SSSR count). The van der Waals surface area contributed by atoms with Gasteiger partial charge in [-0.25, -0.2) is 4.39 Å². The molecular weight excluding hydrogens is 476 g/mol. The molecule has 0 aromatic rings. The maximum absolute atomic E-state index is 13.5. The molecule has 0 aliphatic rings. The molecule has 1 atom stereocenters. The molecule has 0 amide bonds. The zero-order valence-corrected chi connectivity index (χ0v) is 16.6. The summed E-state index contributed by atoms with van der Waals surface area (Å²) in [4.78, 5) is 0. The Labute approximate surface area is 163 Å². The first kappa shape index (κ1) is 29.2. The van der Waals surface area contributed by atoms with Crippen molar-refractivity contribution in [3.8, 4) is 0 Å². The first-order chi connectivity index (χ1) is 13.3. The molecule has 0 aliphatic heterocycles. The van der Waals surface area contributed by atoms with Crippen LogP contribution < -0.4 is 0 Å². The van der Waals surface area contributed by atoms with Crippen molar-refractivity contribution in [1.29, 1.82) is 0 Å². The predicted octanol–water partition coefficient (Wildman–Crippen LogP) is 5.06. The van der Waals surface area contributed by atoms with E-state index in [9.17, 15) is 52.7 Å². The van der Waals surface area contributed by atoms with Gasteiger partial charge in [-0.2, -0.15) is 48.3 Å². The summed E-state index contributed by atoms with van der Waals surface area (Å²) in [5.74, 6) is -21.1. The lowest BCUT2D eigenvalue weighted by atomic mass is 9.97. The summed E-state index contributed by atoms with van der Waals surface area (Å²) in [7, 11) is -0.110. The maximum Gasteiger partial charge on any atom is 0.500 e. The van der Waals surface area contributed by atoms with E-state index >= 15 is 0 Å². The molecule has 0 saturated heterocycles. The average molecular weight is 494 g/mol. The van der Waals surface area contributed by atoms with Crippen LogP contribution in [0.3, 0.4) is 0 Å². The summed E-state index contributed by atoms with van der Waals surface area (Å²) in [5, 5.41) is 0. The lowest BCUT2D eigenvalue weighted by Crippen LogP contribution is -2.65. The van der Waals surface area contributed by atoms with Crippen LogP contribution in [0, 0.1) is 0 Å². The maximum atomic E-state index is 13.5. The highest BCUT2D eigenvalue weighted by molar-refractivity contribution is 6.60. The van der Waals surface area contributed by atoms with Gasteiger partial charge in [-0.1, -0.05) is 0 Å². The highest BCUT2D eigenvalue weighted by Gasteiger charge is 2.83. The number of alkyl halides is 12. The average Bonchev–Trinajstić information content (AvgIpc) is 2.60. The van der Waals surface area contributed by atoms with Gasteiger partial charge < -0.3 is 18.0 Å². The summed E-state index contributed by atoms with van der Waals surface area (Å²) < 4.78 is 174. The third-order valence-corrected chi connectivity index (χ3v) is 6.66. The molecule has 0 N–H and O–H groups in total. The summed E-state index contributed by atoms with van der Waals surface area (Å²) in [6.07, 6.45) is -20.9. The SMILES string of the molecule is CO[Si](CCCOC(F)(F)C(F)(F)C(F)(F)C(F)(F)C(F)CC(F)(F)F)(OC)OC. The fraction of sp³-hybridized carbons (Fsp3) is 1.00. The fourth-order valence-corrected chi connectivity index (χ4v) is 3.75. The van der Waals surface area contributed by atoms with Gasteiger partial charge in [0.05, 0.1) is 13.0 Å². The van der Waals surface area contributed by atoms with Crippen LogP contribution >= 0.6 is 0 Å². The molecule has 0 aromatic heterocycles. The first-order valence-electron chi connectivity index (χ1n) is 7.78. The summed E-state index contributed by atoms with van der Waals surface area (Å²) in [5.41, 5.74) is 0. The topological polar surface area (TPSA) is 36.9 Å². The lowest BCUT2D eigenvalue weighted by molar-refractivity contribution is -0.433. The van der Waals surface area contributed by atoms with E-state index in [0.29, 0.717) is 0 Å². The van der Waals surface area contributed by atoms with Crippen LogP contribution in [-0.2, 0) is 18.0 Å². The van der Waals surface area contributed by atoms with Gasteiger partial charge in [0, 0.05) is 27.4 Å². The molecule has 0 bridgehead atoms. The number of hydrogen-bond acceptors (Lipinski definition) is 4. The van der Waals surface area contributed by atoms with Crippen molar-refractivity contribution in [2.24, 2.45) is 0 Å². The van der Waals surface area contributed by atoms with E-state index in [1.165, 1.54) is 0 Å². The molecule has 0 saturated carbocycles. The minimum Gasteiger partial charge on any atom is -0.377 e. The smallest absolute Gasteiger partial charge is 0.377 e. The van der Waals surface area contributed by atoms with E-state index in [-0.39, 0.29) is 6.04 Å². The van der Waals surface area contributed by atoms with Gasteiger partial charge in [-0.3, -0.25) is 0 Å². The Balaban J connectivity index is 5.40. The van der Waals surface area contributed by atoms with Gasteiger partial charge in [0.2, 0.25) is 0 Å². The van der Waals surface area contributed by atoms with Gasteiger partial charge in [-0.05, 0) is 6.42 Å². The molecule has 182 valence electrons. The van der Waals surface area contributed by atoms with Crippen molar-refractivity contribution in [2.45, 2.75) is 55.1 Å². The van der Waals surface area contributed by atoms with Crippen LogP contribution in [0.25, 0.3) is 0 Å². The van der Waals surface area contributed by atoms with Crippen molar-refractivity contribution >= 4 is 8.80 Å². The third-order valence-electron chi connectivity index (χ3n) is 3.83. The zero-order chi connectivity index (χ0) is 24.2. The largest absolute Gasteiger partial charge is 0.500 e. The Morgan fingerprint density at radius 1 is 0.733 bits per heavy atom. The van der Waals surface area contributed by atoms with Gasteiger partial charge >= 0.3 is 38.9 Å². The van der Waals surface area contributed by atoms with Gasteiger partial charge in [-0.15, -0.1) is 0 Å². The second kappa shape index (κ2) is 9.79. The normalized spacial score (nSPS) is 16.1. The lowest BCUT2D eigenvalue weighted by Gasteiger charge is -2.37. The number of ether oxygens (including phenoxy) is 1. The standard InChI is InChI=1S/C13H18F12O4Si/c1-26-30(27-2,28-3)6-4-5-29-13(24,25)12(22,23)11(20,21)10(18,19)8(14)7-9(15,16)17/h8H,4-7H2,1-3H3. The fourth-order valence-electron chi connectivity index (χ4n) is 2.06. The molecule has 0 spiro atoms. The minimum atomic E-state index is -7.24. The predicted molar refractivity (Wildman–Crippen MR) is 77.5 cm³/mol. The Bertz CT molecular complexity index is 530. The van der Waals surface area contributed by atoms with Crippen LogP contribution in [0.5, 0.6) is 0 Å². The molecule has 0 heterocycles.